The minimum atomic E-state index is -0.974. The second-order valence-electron chi connectivity index (χ2n) is 4.37. The lowest BCUT2D eigenvalue weighted by Crippen LogP contribution is -2.20. The van der Waals surface area contributed by atoms with Crippen LogP contribution in [0.2, 0.25) is 0 Å². The monoisotopic (exact) mass is 272 g/mol. The van der Waals surface area contributed by atoms with Crippen molar-refractivity contribution in [2.24, 2.45) is 5.92 Å². The summed E-state index contributed by atoms with van der Waals surface area (Å²) < 4.78 is 4.66. The summed E-state index contributed by atoms with van der Waals surface area (Å²) in [5, 5.41) is 17.5. The van der Waals surface area contributed by atoms with Crippen LogP contribution < -0.4 is 0 Å². The van der Waals surface area contributed by atoms with Crippen LogP contribution in [0.3, 0.4) is 0 Å². The standard InChI is InChI=1S/C14H24O5/c1-2-3-4-5-6-7-8-12(14(17)18)11-13(16)19-10-9-15/h4-5,12,15H,2-3,6-11H2,1H3,(H,17,18)/b5-4+. The summed E-state index contributed by atoms with van der Waals surface area (Å²) in [6.45, 7) is 1.78. The number of aliphatic carboxylic acids is 1. The van der Waals surface area contributed by atoms with E-state index in [1.807, 2.05) is 6.08 Å². The number of esters is 1. The van der Waals surface area contributed by atoms with E-state index in [0.29, 0.717) is 6.42 Å². The third-order valence-corrected chi connectivity index (χ3v) is 2.66. The molecule has 0 bridgehead atoms. The number of aliphatic hydroxyl groups excluding tert-OH is 1. The fourth-order valence-electron chi connectivity index (χ4n) is 1.62. The quantitative estimate of drug-likeness (QED) is 0.342. The lowest BCUT2D eigenvalue weighted by Gasteiger charge is -2.10. The van der Waals surface area contributed by atoms with Gasteiger partial charge in [0.1, 0.15) is 6.61 Å². The van der Waals surface area contributed by atoms with Crippen molar-refractivity contribution in [1.29, 1.82) is 0 Å². The Morgan fingerprint density at radius 3 is 2.53 bits per heavy atom. The topological polar surface area (TPSA) is 83.8 Å². The van der Waals surface area contributed by atoms with Gasteiger partial charge >= 0.3 is 11.9 Å². The summed E-state index contributed by atoms with van der Waals surface area (Å²) in [7, 11) is 0. The Morgan fingerprint density at radius 2 is 1.95 bits per heavy atom. The number of hydrogen-bond donors (Lipinski definition) is 2. The molecule has 0 aromatic carbocycles. The highest BCUT2D eigenvalue weighted by molar-refractivity contribution is 5.78. The van der Waals surface area contributed by atoms with Crippen LogP contribution in [0.25, 0.3) is 0 Å². The summed E-state index contributed by atoms with van der Waals surface area (Å²) in [6, 6.07) is 0. The molecule has 5 heteroatoms. The van der Waals surface area contributed by atoms with E-state index in [9.17, 15) is 9.59 Å². The molecule has 0 saturated heterocycles. The van der Waals surface area contributed by atoms with Crippen molar-refractivity contribution in [3.8, 4) is 0 Å². The van der Waals surface area contributed by atoms with Gasteiger partial charge in [-0.2, -0.15) is 0 Å². The Hall–Kier alpha value is -1.36. The number of carbonyl (C=O) groups excluding carboxylic acids is 1. The first kappa shape index (κ1) is 17.6. The number of ether oxygens (including phenoxy) is 1. The number of carboxylic acids is 1. The lowest BCUT2D eigenvalue weighted by molar-refractivity contribution is -0.152. The van der Waals surface area contributed by atoms with Crippen molar-refractivity contribution in [3.63, 3.8) is 0 Å². The van der Waals surface area contributed by atoms with Gasteiger partial charge in [0.05, 0.1) is 18.9 Å². The fraction of sp³-hybridized carbons (Fsp3) is 0.714. The Kier molecular flexibility index (Phi) is 10.9. The minimum Gasteiger partial charge on any atom is -0.481 e. The van der Waals surface area contributed by atoms with E-state index in [1.54, 1.807) is 0 Å². The molecule has 19 heavy (non-hydrogen) atoms. The summed E-state index contributed by atoms with van der Waals surface area (Å²) in [5.41, 5.74) is 0. The van der Waals surface area contributed by atoms with Gasteiger partial charge in [-0.1, -0.05) is 25.5 Å². The van der Waals surface area contributed by atoms with Gasteiger partial charge in [-0.25, -0.2) is 0 Å². The van der Waals surface area contributed by atoms with Crippen molar-refractivity contribution in [2.45, 2.75) is 45.4 Å². The van der Waals surface area contributed by atoms with Crippen molar-refractivity contribution in [2.75, 3.05) is 13.2 Å². The normalized spacial score (nSPS) is 12.5. The third kappa shape index (κ3) is 10.3. The van der Waals surface area contributed by atoms with Crippen LogP contribution in [0.4, 0.5) is 0 Å². The van der Waals surface area contributed by atoms with Crippen LogP contribution in [0.1, 0.15) is 45.4 Å². The van der Waals surface area contributed by atoms with Gasteiger partial charge in [0, 0.05) is 0 Å². The van der Waals surface area contributed by atoms with Gasteiger partial charge in [-0.3, -0.25) is 9.59 Å². The van der Waals surface area contributed by atoms with Gasteiger partial charge in [-0.15, -0.1) is 0 Å². The van der Waals surface area contributed by atoms with Crippen LogP contribution in [-0.4, -0.2) is 35.4 Å². The minimum absolute atomic E-state index is 0.0784. The molecule has 0 fully saturated rings. The zero-order chi connectivity index (χ0) is 14.5. The van der Waals surface area contributed by atoms with E-state index in [0.717, 1.165) is 25.7 Å². The summed E-state index contributed by atoms with van der Waals surface area (Å²) in [6.07, 6.45) is 8.17. The molecule has 1 atom stereocenters. The molecule has 0 aliphatic rings. The van der Waals surface area contributed by atoms with E-state index >= 15 is 0 Å². The Bertz CT molecular complexity index is 286. The van der Waals surface area contributed by atoms with Gasteiger partial charge in [0.25, 0.3) is 0 Å². The first-order valence-electron chi connectivity index (χ1n) is 6.76. The summed E-state index contributed by atoms with van der Waals surface area (Å²) >= 11 is 0. The molecule has 0 rings (SSSR count). The molecule has 0 heterocycles. The van der Waals surface area contributed by atoms with Crippen molar-refractivity contribution >= 4 is 11.9 Å². The largest absolute Gasteiger partial charge is 0.481 e. The van der Waals surface area contributed by atoms with E-state index < -0.39 is 17.9 Å². The third-order valence-electron chi connectivity index (χ3n) is 2.66. The maximum absolute atomic E-state index is 11.3. The predicted octanol–water partition coefficient (Wildman–Crippen LogP) is 2.14. The molecule has 5 nitrogen and oxygen atoms in total. The van der Waals surface area contributed by atoms with Crippen LogP contribution >= 0.6 is 0 Å². The van der Waals surface area contributed by atoms with Crippen LogP contribution in [-0.2, 0) is 14.3 Å². The van der Waals surface area contributed by atoms with Crippen molar-refractivity contribution < 1.29 is 24.5 Å². The number of hydrogen-bond acceptors (Lipinski definition) is 4. The highest BCUT2D eigenvalue weighted by Gasteiger charge is 2.21. The fourth-order valence-corrected chi connectivity index (χ4v) is 1.62. The number of rotatable bonds is 11. The number of allylic oxidation sites excluding steroid dienone is 2. The first-order chi connectivity index (χ1) is 9.11. The molecule has 0 aromatic heterocycles. The molecule has 0 amide bonds. The zero-order valence-corrected chi connectivity index (χ0v) is 11.5. The van der Waals surface area contributed by atoms with Gasteiger partial charge in [0.15, 0.2) is 0 Å². The average molecular weight is 272 g/mol. The summed E-state index contributed by atoms with van der Waals surface area (Å²) in [5.74, 6) is -2.24. The zero-order valence-electron chi connectivity index (χ0n) is 11.5. The highest BCUT2D eigenvalue weighted by atomic mass is 16.5. The number of carbonyl (C=O) groups is 2. The first-order valence-corrected chi connectivity index (χ1v) is 6.76. The van der Waals surface area contributed by atoms with Crippen LogP contribution in [0.5, 0.6) is 0 Å². The van der Waals surface area contributed by atoms with Gasteiger partial charge in [0.2, 0.25) is 0 Å². The number of unbranched alkanes of at least 4 members (excludes halogenated alkanes) is 2. The van der Waals surface area contributed by atoms with Crippen LogP contribution in [0, 0.1) is 5.92 Å². The predicted molar refractivity (Wildman–Crippen MR) is 71.7 cm³/mol. The number of aliphatic hydroxyl groups is 1. The van der Waals surface area contributed by atoms with E-state index in [4.69, 9.17) is 10.2 Å². The Morgan fingerprint density at radius 1 is 1.26 bits per heavy atom. The molecule has 0 saturated carbocycles. The van der Waals surface area contributed by atoms with E-state index in [1.165, 1.54) is 0 Å². The number of carboxylic acid groups (broad SMARTS) is 1. The van der Waals surface area contributed by atoms with Crippen LogP contribution in [0.15, 0.2) is 12.2 Å². The molecule has 2 N–H and O–H groups in total. The molecule has 0 aromatic rings. The maximum atomic E-state index is 11.3. The maximum Gasteiger partial charge on any atom is 0.307 e. The Balaban J connectivity index is 3.92. The molecule has 0 aliphatic heterocycles. The van der Waals surface area contributed by atoms with Gasteiger partial charge in [-0.05, 0) is 25.7 Å². The van der Waals surface area contributed by atoms with E-state index in [-0.39, 0.29) is 19.6 Å². The van der Waals surface area contributed by atoms with Gasteiger partial charge < -0.3 is 14.9 Å². The molecular weight excluding hydrogens is 248 g/mol. The van der Waals surface area contributed by atoms with Crippen molar-refractivity contribution in [3.05, 3.63) is 12.2 Å². The Labute approximate surface area is 114 Å². The van der Waals surface area contributed by atoms with Crippen molar-refractivity contribution in [1.82, 2.24) is 0 Å². The average Bonchev–Trinajstić information content (AvgIpc) is 2.38. The SMILES string of the molecule is CCC/C=C/CCCC(CC(=O)OCCO)C(=O)O. The molecule has 0 aliphatic carbocycles. The second-order valence-corrected chi connectivity index (χ2v) is 4.37. The van der Waals surface area contributed by atoms with E-state index in [2.05, 4.69) is 17.7 Å². The molecule has 1 unspecified atom stereocenters. The second kappa shape index (κ2) is 11.7. The molecule has 0 radical (unpaired) electrons. The molecule has 0 spiro atoms. The lowest BCUT2D eigenvalue weighted by atomic mass is 9.98. The highest BCUT2D eigenvalue weighted by Crippen LogP contribution is 2.14. The molecular formula is C14H24O5. The summed E-state index contributed by atoms with van der Waals surface area (Å²) in [4.78, 5) is 22.3. The smallest absolute Gasteiger partial charge is 0.307 e. The molecule has 110 valence electrons.